The third-order valence-corrected chi connectivity index (χ3v) is 6.14. The van der Waals surface area contributed by atoms with Gasteiger partial charge in [0.05, 0.1) is 45.2 Å². The van der Waals surface area contributed by atoms with Gasteiger partial charge < -0.3 is 14.1 Å². The molecule has 0 fully saturated rings. The summed E-state index contributed by atoms with van der Waals surface area (Å²) in [7, 11) is 6.76. The van der Waals surface area contributed by atoms with Crippen LogP contribution < -0.4 is 14.2 Å². The number of hydrogen-bond acceptors (Lipinski definition) is 2. The molecule has 3 heterocycles. The van der Waals surface area contributed by atoms with Crippen molar-refractivity contribution in [3.63, 3.8) is 0 Å². The van der Waals surface area contributed by atoms with Gasteiger partial charge in [-0.15, -0.1) is 0 Å². The lowest BCUT2D eigenvalue weighted by molar-refractivity contribution is -0.873. The van der Waals surface area contributed by atoms with Crippen LogP contribution in [0.3, 0.4) is 0 Å². The maximum atomic E-state index is 6.16. The molecule has 31 heavy (non-hydrogen) atoms. The molecule has 5 rings (SSSR count). The molecule has 0 aliphatic carbocycles. The van der Waals surface area contributed by atoms with Crippen LogP contribution in [-0.2, 0) is 6.54 Å². The zero-order valence-electron chi connectivity index (χ0n) is 18.7. The number of ether oxygens (including phenoxy) is 1. The van der Waals surface area contributed by atoms with Gasteiger partial charge in [0, 0.05) is 24.3 Å². The van der Waals surface area contributed by atoms with Crippen molar-refractivity contribution in [1.29, 1.82) is 0 Å². The zero-order valence-corrected chi connectivity index (χ0v) is 18.7. The van der Waals surface area contributed by atoms with Crippen molar-refractivity contribution in [1.82, 2.24) is 0 Å². The van der Waals surface area contributed by atoms with Gasteiger partial charge in [0.2, 0.25) is 11.4 Å². The highest BCUT2D eigenvalue weighted by Gasteiger charge is 2.32. The van der Waals surface area contributed by atoms with Crippen LogP contribution in [0.2, 0.25) is 0 Å². The second-order valence-electron chi connectivity index (χ2n) is 9.48. The van der Waals surface area contributed by atoms with Crippen LogP contribution in [0.1, 0.15) is 18.4 Å². The van der Waals surface area contributed by atoms with Gasteiger partial charge in [0.15, 0.2) is 18.5 Å². The molecule has 1 aromatic heterocycles. The number of para-hydroxylation sites is 3. The monoisotopic (exact) mass is 413 g/mol. The van der Waals surface area contributed by atoms with Crippen molar-refractivity contribution < 1.29 is 13.8 Å². The number of anilines is 1. The minimum atomic E-state index is 0.961. The predicted octanol–water partition coefficient (Wildman–Crippen LogP) is 4.75. The summed E-state index contributed by atoms with van der Waals surface area (Å²) in [4.78, 5) is 2.29. The number of quaternary nitrogens is 1. The molecule has 4 nitrogen and oxygen atoms in total. The first-order chi connectivity index (χ1) is 15.0. The number of nitrogens with zero attached hydrogens (tertiary/aromatic N) is 3. The Morgan fingerprint density at radius 1 is 1.00 bits per heavy atom. The van der Waals surface area contributed by atoms with Gasteiger partial charge in [-0.25, -0.2) is 0 Å². The van der Waals surface area contributed by atoms with Gasteiger partial charge in [-0.3, -0.25) is 0 Å². The minimum absolute atomic E-state index is 0.961. The molecule has 0 spiro atoms. The van der Waals surface area contributed by atoms with Crippen molar-refractivity contribution in [2.45, 2.75) is 19.4 Å². The number of aryl methyl sites for hydroxylation is 1. The molecule has 2 aliphatic heterocycles. The Balaban J connectivity index is 1.41. The van der Waals surface area contributed by atoms with Crippen molar-refractivity contribution in [3.8, 4) is 5.75 Å². The zero-order chi connectivity index (χ0) is 21.4. The third-order valence-electron chi connectivity index (χ3n) is 6.14. The first kappa shape index (κ1) is 19.8. The van der Waals surface area contributed by atoms with E-state index in [0.717, 1.165) is 42.0 Å². The van der Waals surface area contributed by atoms with Crippen LogP contribution in [-0.4, -0.2) is 38.7 Å². The predicted molar refractivity (Wildman–Crippen MR) is 127 cm³/mol. The largest absolute Gasteiger partial charge is 0.438 e. The molecule has 0 saturated carbocycles. The highest BCUT2D eigenvalue weighted by atomic mass is 16.5. The lowest BCUT2D eigenvalue weighted by Gasteiger charge is -2.22. The molecule has 0 bridgehead atoms. The molecule has 0 atom stereocenters. The molecule has 4 heteroatoms. The number of pyridine rings is 1. The number of hydrogen-bond donors (Lipinski definition) is 0. The lowest BCUT2D eigenvalue weighted by Crippen LogP contribution is -2.40. The summed E-state index contributed by atoms with van der Waals surface area (Å²) in [5, 5.41) is 1.29. The van der Waals surface area contributed by atoms with E-state index in [1.54, 1.807) is 0 Å². The van der Waals surface area contributed by atoms with Gasteiger partial charge in [-0.2, -0.15) is 4.57 Å². The van der Waals surface area contributed by atoms with Crippen LogP contribution in [0.25, 0.3) is 17.0 Å². The Kier molecular flexibility index (Phi) is 5.03. The van der Waals surface area contributed by atoms with Gasteiger partial charge in [0.1, 0.15) is 0 Å². The maximum absolute atomic E-state index is 6.16. The quantitative estimate of drug-likeness (QED) is 0.428. The molecule has 0 unspecified atom stereocenters. The summed E-state index contributed by atoms with van der Waals surface area (Å²) in [6.07, 6.45) is 8.90. The standard InChI is InChI=1S/C27H31N3O/c1-30(2,3)20-8-17-28-18-15-21(23-9-4-5-10-24(23)28)13-14-22-16-19-29-25-11-6-7-12-26(25)31-27(22)29/h4-7,9-15,18H,8,16-17,19-20H2,1-3H3/q+2. The Labute approximate surface area is 184 Å². The van der Waals surface area contributed by atoms with E-state index in [4.69, 9.17) is 4.74 Å². The number of aromatic nitrogens is 1. The van der Waals surface area contributed by atoms with Gasteiger partial charge in [-0.05, 0) is 30.2 Å². The van der Waals surface area contributed by atoms with E-state index in [1.165, 1.54) is 34.3 Å². The number of allylic oxidation sites excluding steroid dienone is 1. The maximum Gasteiger partial charge on any atom is 0.213 e. The molecule has 3 aromatic rings. The van der Waals surface area contributed by atoms with Crippen LogP contribution in [0, 0.1) is 0 Å². The highest BCUT2D eigenvalue weighted by Crippen LogP contribution is 2.43. The summed E-state index contributed by atoms with van der Waals surface area (Å²) in [6.45, 7) is 3.18. The number of benzene rings is 2. The Morgan fingerprint density at radius 2 is 1.81 bits per heavy atom. The topological polar surface area (TPSA) is 16.4 Å². The van der Waals surface area contributed by atoms with Crippen LogP contribution in [0.4, 0.5) is 5.69 Å². The summed E-state index contributed by atoms with van der Waals surface area (Å²) in [5.74, 6) is 1.95. The SMILES string of the molecule is C[N+](C)(C)CCC[n+]1ccc(C=CC2=C3Oc4ccccc4N3CC2)c2ccccc21. The third kappa shape index (κ3) is 3.96. The fraction of sp³-hybridized carbons (Fsp3) is 0.296. The van der Waals surface area contributed by atoms with E-state index in [1.807, 2.05) is 12.1 Å². The molecule has 2 aliphatic rings. The van der Waals surface area contributed by atoms with Crippen molar-refractivity contribution >= 4 is 22.7 Å². The summed E-state index contributed by atoms with van der Waals surface area (Å²) in [5.41, 5.74) is 4.99. The van der Waals surface area contributed by atoms with Crippen LogP contribution in [0.5, 0.6) is 5.75 Å². The number of rotatable bonds is 6. The minimum Gasteiger partial charge on any atom is -0.438 e. The number of fused-ring (bicyclic) bond motifs is 4. The first-order valence-corrected chi connectivity index (χ1v) is 11.2. The molecule has 158 valence electrons. The van der Waals surface area contributed by atoms with E-state index < -0.39 is 0 Å². The Hall–Kier alpha value is -3.11. The molecule has 0 N–H and O–H groups in total. The van der Waals surface area contributed by atoms with Crippen molar-refractivity contribution in [2.75, 3.05) is 39.1 Å². The average molecular weight is 414 g/mol. The van der Waals surface area contributed by atoms with Crippen molar-refractivity contribution in [2.24, 2.45) is 0 Å². The van der Waals surface area contributed by atoms with Crippen LogP contribution >= 0.6 is 0 Å². The van der Waals surface area contributed by atoms with Gasteiger partial charge in [0.25, 0.3) is 0 Å². The summed E-state index contributed by atoms with van der Waals surface area (Å²) < 4.78 is 9.55. The fourth-order valence-electron chi connectivity index (χ4n) is 4.54. The molecular formula is C27H31N3O+2. The summed E-state index contributed by atoms with van der Waals surface area (Å²) >= 11 is 0. The molecule has 0 radical (unpaired) electrons. The van der Waals surface area contributed by atoms with E-state index >= 15 is 0 Å². The average Bonchev–Trinajstić information content (AvgIpc) is 3.31. The normalized spacial score (nSPS) is 15.6. The van der Waals surface area contributed by atoms with E-state index in [0.29, 0.717) is 0 Å². The highest BCUT2D eigenvalue weighted by molar-refractivity contribution is 5.86. The Morgan fingerprint density at radius 3 is 2.68 bits per heavy atom. The van der Waals surface area contributed by atoms with Crippen LogP contribution in [0.15, 0.2) is 78.3 Å². The summed E-state index contributed by atoms with van der Waals surface area (Å²) in [6, 6.07) is 19.3. The molecule has 2 aromatic carbocycles. The van der Waals surface area contributed by atoms with E-state index in [2.05, 4.69) is 91.4 Å². The first-order valence-electron chi connectivity index (χ1n) is 11.2. The Bertz CT molecular complexity index is 1190. The second kappa shape index (κ2) is 7.86. The van der Waals surface area contributed by atoms with E-state index in [-0.39, 0.29) is 0 Å². The van der Waals surface area contributed by atoms with Gasteiger partial charge >= 0.3 is 0 Å². The second-order valence-corrected chi connectivity index (χ2v) is 9.48. The van der Waals surface area contributed by atoms with E-state index in [9.17, 15) is 0 Å². The fourth-order valence-corrected chi connectivity index (χ4v) is 4.54. The lowest BCUT2D eigenvalue weighted by atomic mass is 10.1. The smallest absolute Gasteiger partial charge is 0.213 e. The molecule has 0 saturated heterocycles. The molecule has 0 amide bonds. The van der Waals surface area contributed by atoms with Crippen molar-refractivity contribution in [3.05, 3.63) is 83.9 Å². The van der Waals surface area contributed by atoms with Gasteiger partial charge in [-0.1, -0.05) is 36.4 Å². The molecular weight excluding hydrogens is 382 g/mol.